The molecule has 0 spiro atoms. The van der Waals surface area contributed by atoms with Gasteiger partial charge in [-0.15, -0.1) is 11.3 Å². The number of hydrogen-bond donors (Lipinski definition) is 1. The number of rotatable bonds is 5. The van der Waals surface area contributed by atoms with Crippen molar-refractivity contribution >= 4 is 27.5 Å². The topological polar surface area (TPSA) is 66.5 Å². The molecule has 96 valence electrons. The van der Waals surface area contributed by atoms with Crippen LogP contribution in [-0.4, -0.2) is 31.7 Å². The third-order valence-corrected chi connectivity index (χ3v) is 4.99. The maximum Gasteiger partial charge on any atom is 0.304 e. The molecule has 0 fully saturated rings. The molecule has 1 rings (SSSR count). The van der Waals surface area contributed by atoms with Gasteiger partial charge in [-0.05, 0) is 23.9 Å². The SMILES string of the molecule is CCN(CC)S(=O)(=O)NC(=O)c1sccc1C. The Bertz CT molecular complexity index is 489. The zero-order valence-electron chi connectivity index (χ0n) is 10.1. The highest BCUT2D eigenvalue weighted by Crippen LogP contribution is 2.15. The Balaban J connectivity index is 2.86. The van der Waals surface area contributed by atoms with E-state index in [0.717, 1.165) is 5.56 Å². The molecule has 0 radical (unpaired) electrons. The van der Waals surface area contributed by atoms with E-state index in [4.69, 9.17) is 0 Å². The third kappa shape index (κ3) is 3.27. The molecular formula is C10H16N2O3S2. The van der Waals surface area contributed by atoms with E-state index in [1.165, 1.54) is 15.6 Å². The molecule has 0 aliphatic rings. The summed E-state index contributed by atoms with van der Waals surface area (Å²) >= 11 is 1.23. The summed E-state index contributed by atoms with van der Waals surface area (Å²) in [5.74, 6) is -0.565. The Morgan fingerprint density at radius 1 is 1.41 bits per heavy atom. The van der Waals surface area contributed by atoms with Gasteiger partial charge in [0.15, 0.2) is 0 Å². The summed E-state index contributed by atoms with van der Waals surface area (Å²) in [6.07, 6.45) is 0. The van der Waals surface area contributed by atoms with Crippen LogP contribution in [0.5, 0.6) is 0 Å². The molecule has 1 N–H and O–H groups in total. The Morgan fingerprint density at radius 3 is 2.41 bits per heavy atom. The van der Waals surface area contributed by atoms with Gasteiger partial charge in [-0.1, -0.05) is 13.8 Å². The van der Waals surface area contributed by atoms with Crippen LogP contribution in [0.15, 0.2) is 11.4 Å². The lowest BCUT2D eigenvalue weighted by Crippen LogP contribution is -2.43. The number of nitrogens with one attached hydrogen (secondary N) is 1. The number of hydrogen-bond acceptors (Lipinski definition) is 4. The van der Waals surface area contributed by atoms with Gasteiger partial charge in [0.1, 0.15) is 0 Å². The van der Waals surface area contributed by atoms with E-state index < -0.39 is 16.1 Å². The molecule has 0 aromatic carbocycles. The van der Waals surface area contributed by atoms with Crippen molar-refractivity contribution in [3.05, 3.63) is 21.9 Å². The monoisotopic (exact) mass is 276 g/mol. The van der Waals surface area contributed by atoms with Crippen LogP contribution in [0, 0.1) is 6.92 Å². The van der Waals surface area contributed by atoms with Crippen molar-refractivity contribution in [2.24, 2.45) is 0 Å². The summed E-state index contributed by atoms with van der Waals surface area (Å²) in [6.45, 7) is 5.90. The number of aryl methyl sites for hydroxylation is 1. The molecule has 0 aliphatic carbocycles. The van der Waals surface area contributed by atoms with Gasteiger partial charge in [0.25, 0.3) is 5.91 Å². The van der Waals surface area contributed by atoms with E-state index in [0.29, 0.717) is 18.0 Å². The van der Waals surface area contributed by atoms with Crippen molar-refractivity contribution in [2.45, 2.75) is 20.8 Å². The van der Waals surface area contributed by atoms with Gasteiger partial charge in [0.2, 0.25) is 0 Å². The largest absolute Gasteiger partial charge is 0.304 e. The van der Waals surface area contributed by atoms with Crippen LogP contribution in [0.3, 0.4) is 0 Å². The summed E-state index contributed by atoms with van der Waals surface area (Å²) in [6, 6.07) is 1.78. The first-order chi connectivity index (χ1) is 7.92. The normalized spacial score (nSPS) is 11.8. The molecule has 0 unspecified atom stereocenters. The van der Waals surface area contributed by atoms with Gasteiger partial charge < -0.3 is 0 Å². The van der Waals surface area contributed by atoms with E-state index >= 15 is 0 Å². The van der Waals surface area contributed by atoms with E-state index in [2.05, 4.69) is 4.72 Å². The number of nitrogens with zero attached hydrogens (tertiary/aromatic N) is 1. The predicted octanol–water partition coefficient (Wildman–Crippen LogP) is 1.37. The predicted molar refractivity (Wildman–Crippen MR) is 68.4 cm³/mol. The maximum atomic E-state index is 11.8. The summed E-state index contributed by atoms with van der Waals surface area (Å²) in [7, 11) is -3.72. The van der Waals surface area contributed by atoms with Gasteiger partial charge in [-0.25, -0.2) is 4.72 Å². The van der Waals surface area contributed by atoms with Crippen LogP contribution in [0.4, 0.5) is 0 Å². The minimum Gasteiger partial charge on any atom is -0.267 e. The van der Waals surface area contributed by atoms with Gasteiger partial charge in [-0.3, -0.25) is 4.79 Å². The molecule has 0 atom stereocenters. The molecule has 5 nitrogen and oxygen atoms in total. The molecule has 17 heavy (non-hydrogen) atoms. The standard InChI is InChI=1S/C10H16N2O3S2/c1-4-12(5-2)17(14,15)11-10(13)9-8(3)6-7-16-9/h6-7H,4-5H2,1-3H3,(H,11,13). The van der Waals surface area contributed by atoms with Crippen molar-refractivity contribution in [2.75, 3.05) is 13.1 Å². The highest BCUT2D eigenvalue weighted by Gasteiger charge is 2.23. The summed E-state index contributed by atoms with van der Waals surface area (Å²) in [5, 5.41) is 1.76. The maximum absolute atomic E-state index is 11.8. The molecule has 7 heteroatoms. The van der Waals surface area contributed by atoms with Gasteiger partial charge in [-0.2, -0.15) is 12.7 Å². The van der Waals surface area contributed by atoms with Crippen molar-refractivity contribution in [1.29, 1.82) is 0 Å². The lowest BCUT2D eigenvalue weighted by atomic mass is 10.3. The van der Waals surface area contributed by atoms with E-state index in [-0.39, 0.29) is 0 Å². The van der Waals surface area contributed by atoms with E-state index in [9.17, 15) is 13.2 Å². The zero-order valence-corrected chi connectivity index (χ0v) is 11.7. The van der Waals surface area contributed by atoms with Crippen molar-refractivity contribution in [3.8, 4) is 0 Å². The van der Waals surface area contributed by atoms with Crippen LogP contribution in [0.25, 0.3) is 0 Å². The zero-order chi connectivity index (χ0) is 13.1. The van der Waals surface area contributed by atoms with Gasteiger partial charge in [0, 0.05) is 13.1 Å². The van der Waals surface area contributed by atoms with E-state index in [1.54, 1.807) is 32.2 Å². The number of carbonyl (C=O) groups excluding carboxylic acids is 1. The third-order valence-electron chi connectivity index (χ3n) is 2.34. The molecule has 1 aromatic heterocycles. The first kappa shape index (κ1) is 14.1. The fraction of sp³-hybridized carbons (Fsp3) is 0.500. The average Bonchev–Trinajstić information content (AvgIpc) is 2.65. The second-order valence-electron chi connectivity index (χ2n) is 3.45. The molecule has 1 heterocycles. The average molecular weight is 276 g/mol. The molecule has 0 bridgehead atoms. The summed E-state index contributed by atoms with van der Waals surface area (Å²) < 4.78 is 26.9. The number of thiophene rings is 1. The molecule has 0 aliphatic heterocycles. The minimum atomic E-state index is -3.72. The fourth-order valence-electron chi connectivity index (χ4n) is 1.40. The quantitative estimate of drug-likeness (QED) is 0.883. The first-order valence-corrected chi connectivity index (χ1v) is 7.60. The number of carbonyl (C=O) groups is 1. The molecule has 0 saturated heterocycles. The van der Waals surface area contributed by atoms with Gasteiger partial charge >= 0.3 is 10.2 Å². The molecular weight excluding hydrogens is 260 g/mol. The lowest BCUT2D eigenvalue weighted by Gasteiger charge is -2.18. The lowest BCUT2D eigenvalue weighted by molar-refractivity contribution is 0.0982. The second kappa shape index (κ2) is 5.61. The first-order valence-electron chi connectivity index (χ1n) is 5.28. The van der Waals surface area contributed by atoms with Gasteiger partial charge in [0.05, 0.1) is 4.88 Å². The Labute approximate surface area is 106 Å². The number of amides is 1. The van der Waals surface area contributed by atoms with Crippen LogP contribution in [0.2, 0.25) is 0 Å². The van der Waals surface area contributed by atoms with Crippen molar-refractivity contribution < 1.29 is 13.2 Å². The fourth-order valence-corrected chi connectivity index (χ4v) is 3.43. The van der Waals surface area contributed by atoms with Crippen LogP contribution in [-0.2, 0) is 10.2 Å². The molecule has 0 saturated carbocycles. The Morgan fingerprint density at radius 2 is 2.00 bits per heavy atom. The second-order valence-corrected chi connectivity index (χ2v) is 6.04. The highest BCUT2D eigenvalue weighted by molar-refractivity contribution is 7.87. The summed E-state index contributed by atoms with van der Waals surface area (Å²) in [4.78, 5) is 12.2. The van der Waals surface area contributed by atoms with Crippen molar-refractivity contribution in [3.63, 3.8) is 0 Å². The smallest absolute Gasteiger partial charge is 0.267 e. The van der Waals surface area contributed by atoms with Crippen LogP contribution in [0.1, 0.15) is 29.1 Å². The molecule has 1 aromatic rings. The van der Waals surface area contributed by atoms with Crippen LogP contribution >= 0.6 is 11.3 Å². The Hall–Kier alpha value is -0.920. The summed E-state index contributed by atoms with van der Waals surface area (Å²) in [5.41, 5.74) is 0.780. The molecule has 1 amide bonds. The van der Waals surface area contributed by atoms with Crippen LogP contribution < -0.4 is 4.72 Å². The van der Waals surface area contributed by atoms with E-state index in [1.807, 2.05) is 0 Å². The highest BCUT2D eigenvalue weighted by atomic mass is 32.2. The Kier molecular flexibility index (Phi) is 4.67. The van der Waals surface area contributed by atoms with Crippen molar-refractivity contribution in [1.82, 2.24) is 9.03 Å². The minimum absolute atomic E-state index is 0.336.